The molecule has 1 amide bonds. The molecule has 0 atom stereocenters. The van der Waals surface area contributed by atoms with Gasteiger partial charge in [-0.25, -0.2) is 0 Å². The minimum Gasteiger partial charge on any atom is -0.411 e. The Morgan fingerprint density at radius 1 is 1.19 bits per heavy atom. The summed E-state index contributed by atoms with van der Waals surface area (Å²) in [5, 5.41) is 23.5. The summed E-state index contributed by atoms with van der Waals surface area (Å²) in [6.07, 6.45) is 0. The first kappa shape index (κ1) is 14.3. The molecule has 0 aliphatic carbocycles. The van der Waals surface area contributed by atoms with Crippen LogP contribution in [0.5, 0.6) is 0 Å². The molecular formula is C16H13N3O2. The van der Waals surface area contributed by atoms with Crippen molar-refractivity contribution in [2.75, 3.05) is 5.32 Å². The number of carbonyl (C=O) groups is 1. The molecule has 0 fully saturated rings. The van der Waals surface area contributed by atoms with E-state index >= 15 is 0 Å². The molecule has 0 aromatic heterocycles. The molecule has 0 aliphatic rings. The van der Waals surface area contributed by atoms with Crippen LogP contribution >= 0.6 is 0 Å². The zero-order valence-electron chi connectivity index (χ0n) is 11.4. The number of para-hydroxylation sites is 1. The highest BCUT2D eigenvalue weighted by atomic mass is 16.4. The number of nitrogens with one attached hydrogen (secondary N) is 1. The van der Waals surface area contributed by atoms with Crippen LogP contribution in [0.2, 0.25) is 0 Å². The second-order valence-electron chi connectivity index (χ2n) is 4.37. The van der Waals surface area contributed by atoms with Crippen LogP contribution < -0.4 is 5.32 Å². The fourth-order valence-electron chi connectivity index (χ4n) is 1.85. The van der Waals surface area contributed by atoms with Gasteiger partial charge in [-0.2, -0.15) is 5.26 Å². The number of benzene rings is 2. The van der Waals surface area contributed by atoms with Gasteiger partial charge < -0.3 is 10.5 Å². The molecular weight excluding hydrogens is 266 g/mol. The van der Waals surface area contributed by atoms with Gasteiger partial charge in [0, 0.05) is 11.1 Å². The van der Waals surface area contributed by atoms with Crippen molar-refractivity contribution in [1.82, 2.24) is 0 Å². The molecule has 0 spiro atoms. The smallest absolute Gasteiger partial charge is 0.255 e. The Balaban J connectivity index is 2.25. The zero-order valence-corrected chi connectivity index (χ0v) is 11.4. The van der Waals surface area contributed by atoms with Crippen LogP contribution in [-0.4, -0.2) is 16.8 Å². The van der Waals surface area contributed by atoms with Crippen molar-refractivity contribution in [1.29, 1.82) is 5.26 Å². The highest BCUT2D eigenvalue weighted by Gasteiger charge is 2.10. The fraction of sp³-hybridized carbons (Fsp3) is 0.0625. The van der Waals surface area contributed by atoms with Gasteiger partial charge in [0.25, 0.3) is 5.91 Å². The van der Waals surface area contributed by atoms with Gasteiger partial charge in [-0.05, 0) is 37.3 Å². The van der Waals surface area contributed by atoms with E-state index in [1.54, 1.807) is 55.5 Å². The van der Waals surface area contributed by atoms with Gasteiger partial charge in [-0.15, -0.1) is 0 Å². The third-order valence-corrected chi connectivity index (χ3v) is 2.99. The molecule has 0 aliphatic heterocycles. The van der Waals surface area contributed by atoms with E-state index in [1.165, 1.54) is 0 Å². The SMILES string of the molecule is C/C(=N\O)c1ccccc1NC(=O)c1ccc(C#N)cc1. The fourth-order valence-corrected chi connectivity index (χ4v) is 1.85. The summed E-state index contributed by atoms with van der Waals surface area (Å²) in [6, 6.07) is 15.4. The largest absolute Gasteiger partial charge is 0.411 e. The second kappa shape index (κ2) is 6.35. The van der Waals surface area contributed by atoms with E-state index in [0.29, 0.717) is 28.1 Å². The van der Waals surface area contributed by atoms with E-state index in [4.69, 9.17) is 10.5 Å². The van der Waals surface area contributed by atoms with Crippen LogP contribution in [0.3, 0.4) is 0 Å². The number of oxime groups is 1. The van der Waals surface area contributed by atoms with Gasteiger partial charge in [-0.1, -0.05) is 23.4 Å². The summed E-state index contributed by atoms with van der Waals surface area (Å²) >= 11 is 0. The van der Waals surface area contributed by atoms with Crippen LogP contribution in [0, 0.1) is 11.3 Å². The highest BCUT2D eigenvalue weighted by molar-refractivity contribution is 6.10. The zero-order chi connectivity index (χ0) is 15.2. The molecule has 0 heterocycles. The molecule has 5 heteroatoms. The number of nitriles is 1. The van der Waals surface area contributed by atoms with Crippen LogP contribution in [-0.2, 0) is 0 Å². The van der Waals surface area contributed by atoms with E-state index < -0.39 is 0 Å². The van der Waals surface area contributed by atoms with Crippen molar-refractivity contribution < 1.29 is 10.0 Å². The van der Waals surface area contributed by atoms with E-state index in [2.05, 4.69) is 10.5 Å². The third-order valence-electron chi connectivity index (χ3n) is 2.99. The van der Waals surface area contributed by atoms with Gasteiger partial charge in [0.15, 0.2) is 0 Å². The molecule has 21 heavy (non-hydrogen) atoms. The molecule has 2 aromatic carbocycles. The lowest BCUT2D eigenvalue weighted by molar-refractivity contribution is 0.102. The lowest BCUT2D eigenvalue weighted by Crippen LogP contribution is -2.14. The Hall–Kier alpha value is -3.13. The molecule has 0 bridgehead atoms. The minimum absolute atomic E-state index is 0.294. The van der Waals surface area contributed by atoms with Crippen molar-refractivity contribution >= 4 is 17.3 Å². The predicted octanol–water partition coefficient (Wildman–Crippen LogP) is 3.01. The molecule has 5 nitrogen and oxygen atoms in total. The predicted molar refractivity (Wildman–Crippen MR) is 79.5 cm³/mol. The monoisotopic (exact) mass is 279 g/mol. The van der Waals surface area contributed by atoms with Gasteiger partial charge in [0.1, 0.15) is 0 Å². The van der Waals surface area contributed by atoms with Gasteiger partial charge >= 0.3 is 0 Å². The topological polar surface area (TPSA) is 85.5 Å². The Kier molecular flexibility index (Phi) is 4.32. The molecule has 0 saturated carbocycles. The first-order valence-electron chi connectivity index (χ1n) is 6.25. The second-order valence-corrected chi connectivity index (χ2v) is 4.37. The average molecular weight is 279 g/mol. The molecule has 0 saturated heterocycles. The normalized spacial score (nSPS) is 10.8. The maximum atomic E-state index is 12.2. The van der Waals surface area contributed by atoms with Crippen LogP contribution in [0.25, 0.3) is 0 Å². The number of hydrogen-bond donors (Lipinski definition) is 2. The standard InChI is InChI=1S/C16H13N3O2/c1-11(19-21)14-4-2-3-5-15(14)18-16(20)13-8-6-12(10-17)7-9-13/h2-9,21H,1H3,(H,18,20)/b19-11+. The summed E-state index contributed by atoms with van der Waals surface area (Å²) in [7, 11) is 0. The van der Waals surface area contributed by atoms with Crippen LogP contribution in [0.4, 0.5) is 5.69 Å². The third kappa shape index (κ3) is 3.25. The Morgan fingerprint density at radius 3 is 2.48 bits per heavy atom. The maximum Gasteiger partial charge on any atom is 0.255 e. The molecule has 104 valence electrons. The summed E-state index contributed by atoms with van der Waals surface area (Å²) in [5.41, 5.74) is 2.55. The quantitative estimate of drug-likeness (QED) is 0.514. The van der Waals surface area contributed by atoms with Gasteiger partial charge in [0.2, 0.25) is 0 Å². The molecule has 0 unspecified atom stereocenters. The van der Waals surface area contributed by atoms with Crippen molar-refractivity contribution in [2.45, 2.75) is 6.92 Å². The number of nitrogens with zero attached hydrogens (tertiary/aromatic N) is 2. The number of hydrogen-bond acceptors (Lipinski definition) is 4. The Labute approximate surface area is 122 Å². The number of amides is 1. The average Bonchev–Trinajstić information content (AvgIpc) is 2.54. The van der Waals surface area contributed by atoms with Crippen molar-refractivity contribution in [3.63, 3.8) is 0 Å². The number of rotatable bonds is 3. The molecule has 2 rings (SSSR count). The maximum absolute atomic E-state index is 12.2. The van der Waals surface area contributed by atoms with Gasteiger partial charge in [0.05, 0.1) is 23.0 Å². The minimum atomic E-state index is -0.294. The Bertz CT molecular complexity index is 728. The molecule has 2 N–H and O–H groups in total. The molecule has 2 aromatic rings. The lowest BCUT2D eigenvalue weighted by Gasteiger charge is -2.10. The first-order chi connectivity index (χ1) is 10.2. The van der Waals surface area contributed by atoms with Crippen molar-refractivity contribution in [2.24, 2.45) is 5.16 Å². The van der Waals surface area contributed by atoms with Crippen LogP contribution in [0.1, 0.15) is 28.4 Å². The molecule has 0 radical (unpaired) electrons. The van der Waals surface area contributed by atoms with E-state index in [1.807, 2.05) is 6.07 Å². The summed E-state index contributed by atoms with van der Waals surface area (Å²) in [4.78, 5) is 12.2. The van der Waals surface area contributed by atoms with Gasteiger partial charge in [-0.3, -0.25) is 4.79 Å². The Morgan fingerprint density at radius 2 is 1.86 bits per heavy atom. The van der Waals surface area contributed by atoms with E-state index in [9.17, 15) is 4.79 Å². The number of carbonyl (C=O) groups excluding carboxylic acids is 1. The van der Waals surface area contributed by atoms with Crippen molar-refractivity contribution in [3.8, 4) is 6.07 Å². The lowest BCUT2D eigenvalue weighted by atomic mass is 10.1. The van der Waals surface area contributed by atoms with E-state index in [-0.39, 0.29) is 5.91 Å². The van der Waals surface area contributed by atoms with E-state index in [0.717, 1.165) is 0 Å². The summed E-state index contributed by atoms with van der Waals surface area (Å²) < 4.78 is 0. The summed E-state index contributed by atoms with van der Waals surface area (Å²) in [5.74, 6) is -0.294. The van der Waals surface area contributed by atoms with Crippen molar-refractivity contribution in [3.05, 3.63) is 65.2 Å². The summed E-state index contributed by atoms with van der Waals surface area (Å²) in [6.45, 7) is 1.65. The highest BCUT2D eigenvalue weighted by Crippen LogP contribution is 2.17. The number of anilines is 1. The first-order valence-corrected chi connectivity index (χ1v) is 6.25. The van der Waals surface area contributed by atoms with Crippen LogP contribution in [0.15, 0.2) is 53.7 Å².